The molecule has 0 amide bonds. The third-order valence-electron chi connectivity index (χ3n) is 4.01. The van der Waals surface area contributed by atoms with E-state index in [4.69, 9.17) is 4.74 Å². The van der Waals surface area contributed by atoms with Gasteiger partial charge in [0.1, 0.15) is 4.21 Å². The molecular formula is C16H27IN4O4S2. The smallest absolute Gasteiger partial charge is 0.310 e. The molecule has 0 aliphatic carbocycles. The molecule has 154 valence electrons. The molecule has 1 fully saturated rings. The van der Waals surface area contributed by atoms with Gasteiger partial charge in [0.15, 0.2) is 5.96 Å². The SMILES string of the molecule is CCOC(=O)C1CCCN(C(=NC)NCCNS(=O)(=O)c2cccs2)C1.I. The summed E-state index contributed by atoms with van der Waals surface area (Å²) < 4.78 is 32.1. The van der Waals surface area contributed by atoms with Gasteiger partial charge in [-0.05, 0) is 31.2 Å². The van der Waals surface area contributed by atoms with Crippen LogP contribution in [0, 0.1) is 5.92 Å². The van der Waals surface area contributed by atoms with Crippen molar-refractivity contribution in [3.8, 4) is 0 Å². The van der Waals surface area contributed by atoms with E-state index in [1.165, 1.54) is 11.3 Å². The zero-order chi connectivity index (χ0) is 19.0. The largest absolute Gasteiger partial charge is 0.466 e. The summed E-state index contributed by atoms with van der Waals surface area (Å²) in [5, 5.41) is 4.88. The Morgan fingerprint density at radius 1 is 1.44 bits per heavy atom. The van der Waals surface area contributed by atoms with Gasteiger partial charge in [-0.2, -0.15) is 0 Å². The fourth-order valence-corrected chi connectivity index (χ4v) is 4.87. The molecule has 1 aliphatic rings. The monoisotopic (exact) mass is 530 g/mol. The fourth-order valence-electron chi connectivity index (χ4n) is 2.80. The predicted octanol–water partition coefficient (Wildman–Crippen LogP) is 1.49. The Labute approximate surface area is 181 Å². The maximum Gasteiger partial charge on any atom is 0.310 e. The molecule has 0 spiro atoms. The number of esters is 1. The number of sulfonamides is 1. The molecule has 2 N–H and O–H groups in total. The lowest BCUT2D eigenvalue weighted by Crippen LogP contribution is -2.49. The van der Waals surface area contributed by atoms with Crippen LogP contribution in [0.1, 0.15) is 19.8 Å². The van der Waals surface area contributed by atoms with Crippen LogP contribution in [0.15, 0.2) is 26.7 Å². The highest BCUT2D eigenvalue weighted by Crippen LogP contribution is 2.18. The van der Waals surface area contributed by atoms with Crippen LogP contribution in [0.2, 0.25) is 0 Å². The number of piperidine rings is 1. The number of nitrogens with one attached hydrogen (secondary N) is 2. The minimum absolute atomic E-state index is 0. The van der Waals surface area contributed by atoms with Crippen LogP contribution in [0.25, 0.3) is 0 Å². The number of halogens is 1. The predicted molar refractivity (Wildman–Crippen MR) is 117 cm³/mol. The molecule has 0 saturated carbocycles. The van der Waals surface area contributed by atoms with Crippen molar-refractivity contribution < 1.29 is 17.9 Å². The summed E-state index contributed by atoms with van der Waals surface area (Å²) in [6, 6.07) is 3.28. The minimum Gasteiger partial charge on any atom is -0.466 e. The van der Waals surface area contributed by atoms with E-state index in [1.807, 2.05) is 4.90 Å². The molecular weight excluding hydrogens is 503 g/mol. The second kappa shape index (κ2) is 11.8. The maximum absolute atomic E-state index is 12.1. The summed E-state index contributed by atoms with van der Waals surface area (Å²) in [4.78, 5) is 18.2. The van der Waals surface area contributed by atoms with Gasteiger partial charge in [-0.1, -0.05) is 6.07 Å². The van der Waals surface area contributed by atoms with Gasteiger partial charge >= 0.3 is 5.97 Å². The third kappa shape index (κ3) is 7.20. The summed E-state index contributed by atoms with van der Waals surface area (Å²) in [5.74, 6) is 0.338. The number of nitrogens with zero attached hydrogens (tertiary/aromatic N) is 2. The van der Waals surface area contributed by atoms with Crippen LogP contribution in [0.4, 0.5) is 0 Å². The molecule has 2 heterocycles. The number of guanidine groups is 1. The Balaban J connectivity index is 0.00000364. The van der Waals surface area contributed by atoms with Crippen LogP contribution in [-0.4, -0.2) is 65.1 Å². The molecule has 1 saturated heterocycles. The molecule has 11 heteroatoms. The molecule has 0 radical (unpaired) electrons. The van der Waals surface area contributed by atoms with Crippen molar-refractivity contribution in [1.29, 1.82) is 0 Å². The third-order valence-corrected chi connectivity index (χ3v) is 6.87. The first kappa shape index (κ1) is 24.1. The first-order valence-electron chi connectivity index (χ1n) is 8.63. The van der Waals surface area contributed by atoms with Gasteiger partial charge in [0.2, 0.25) is 10.0 Å². The average Bonchev–Trinajstić information content (AvgIpc) is 3.18. The van der Waals surface area contributed by atoms with Gasteiger partial charge in [-0.25, -0.2) is 13.1 Å². The minimum atomic E-state index is -3.46. The number of rotatable bonds is 7. The van der Waals surface area contributed by atoms with Gasteiger partial charge in [-0.15, -0.1) is 35.3 Å². The average molecular weight is 530 g/mol. The van der Waals surface area contributed by atoms with Crippen molar-refractivity contribution in [2.75, 3.05) is 39.8 Å². The molecule has 1 aromatic rings. The van der Waals surface area contributed by atoms with Crippen LogP contribution in [-0.2, 0) is 19.6 Å². The normalized spacial score (nSPS) is 17.9. The van der Waals surface area contributed by atoms with E-state index < -0.39 is 10.0 Å². The van der Waals surface area contributed by atoms with E-state index in [9.17, 15) is 13.2 Å². The first-order chi connectivity index (χ1) is 12.5. The highest BCUT2D eigenvalue weighted by Gasteiger charge is 2.28. The van der Waals surface area contributed by atoms with Crippen LogP contribution < -0.4 is 10.0 Å². The van der Waals surface area contributed by atoms with Gasteiger partial charge in [0, 0.05) is 33.2 Å². The number of aliphatic imine (C=N–C) groups is 1. The Morgan fingerprint density at radius 3 is 2.85 bits per heavy atom. The van der Waals surface area contributed by atoms with Crippen molar-refractivity contribution in [3.05, 3.63) is 17.5 Å². The summed E-state index contributed by atoms with van der Waals surface area (Å²) in [6.45, 7) is 4.19. The number of carbonyl (C=O) groups excluding carboxylic acids is 1. The highest BCUT2D eigenvalue weighted by atomic mass is 127. The lowest BCUT2D eigenvalue weighted by molar-refractivity contribution is -0.149. The number of ether oxygens (including phenoxy) is 1. The Bertz CT molecular complexity index is 710. The lowest BCUT2D eigenvalue weighted by atomic mass is 9.98. The van der Waals surface area contributed by atoms with Crippen molar-refractivity contribution in [2.24, 2.45) is 10.9 Å². The molecule has 1 unspecified atom stereocenters. The zero-order valence-corrected chi connectivity index (χ0v) is 19.5. The van der Waals surface area contributed by atoms with E-state index in [2.05, 4.69) is 15.0 Å². The Hall–Kier alpha value is -0.920. The topological polar surface area (TPSA) is 100 Å². The fraction of sp³-hybridized carbons (Fsp3) is 0.625. The molecule has 27 heavy (non-hydrogen) atoms. The Kier molecular flexibility index (Phi) is 10.6. The Morgan fingerprint density at radius 2 is 2.22 bits per heavy atom. The van der Waals surface area contributed by atoms with Crippen molar-refractivity contribution >= 4 is 57.3 Å². The van der Waals surface area contributed by atoms with E-state index in [0.29, 0.717) is 29.9 Å². The van der Waals surface area contributed by atoms with Crippen LogP contribution in [0.3, 0.4) is 0 Å². The molecule has 0 aromatic carbocycles. The standard InChI is InChI=1S/C16H26N4O4S2.HI/c1-3-24-15(21)13-6-4-10-20(12-13)16(17-2)18-8-9-19-26(22,23)14-7-5-11-25-14;/h5,7,11,13,19H,3-4,6,8-10,12H2,1-2H3,(H,17,18);1H. The molecule has 2 rings (SSSR count). The van der Waals surface area contributed by atoms with Crippen molar-refractivity contribution in [2.45, 2.75) is 24.0 Å². The quantitative estimate of drug-likeness (QED) is 0.182. The van der Waals surface area contributed by atoms with E-state index >= 15 is 0 Å². The van der Waals surface area contributed by atoms with Gasteiger partial charge in [0.25, 0.3) is 0 Å². The van der Waals surface area contributed by atoms with Gasteiger partial charge in [0.05, 0.1) is 12.5 Å². The highest BCUT2D eigenvalue weighted by molar-refractivity contribution is 14.0. The summed E-state index contributed by atoms with van der Waals surface area (Å²) in [7, 11) is -1.79. The van der Waals surface area contributed by atoms with Crippen molar-refractivity contribution in [1.82, 2.24) is 14.9 Å². The van der Waals surface area contributed by atoms with Gasteiger partial charge < -0.3 is 15.0 Å². The number of hydrogen-bond acceptors (Lipinski definition) is 6. The molecule has 0 bridgehead atoms. The van der Waals surface area contributed by atoms with Gasteiger partial charge in [-0.3, -0.25) is 9.79 Å². The number of carbonyl (C=O) groups is 1. The summed E-state index contributed by atoms with van der Waals surface area (Å²) in [6.07, 6.45) is 1.70. The second-order valence-electron chi connectivity index (χ2n) is 5.84. The van der Waals surface area contributed by atoms with E-state index in [-0.39, 0.29) is 42.4 Å². The molecule has 1 atom stereocenters. The van der Waals surface area contributed by atoms with Crippen molar-refractivity contribution in [3.63, 3.8) is 0 Å². The number of hydrogen-bond donors (Lipinski definition) is 2. The maximum atomic E-state index is 12.1. The summed E-state index contributed by atoms with van der Waals surface area (Å²) >= 11 is 1.18. The molecule has 1 aliphatic heterocycles. The summed E-state index contributed by atoms with van der Waals surface area (Å²) in [5.41, 5.74) is 0. The van der Waals surface area contributed by atoms with Crippen LogP contribution >= 0.6 is 35.3 Å². The second-order valence-corrected chi connectivity index (χ2v) is 8.78. The lowest BCUT2D eigenvalue weighted by Gasteiger charge is -2.33. The molecule has 1 aromatic heterocycles. The number of thiophene rings is 1. The van der Waals surface area contributed by atoms with E-state index in [1.54, 1.807) is 31.5 Å². The molecule has 8 nitrogen and oxygen atoms in total. The van der Waals surface area contributed by atoms with E-state index in [0.717, 1.165) is 19.4 Å². The van der Waals surface area contributed by atoms with Crippen LogP contribution in [0.5, 0.6) is 0 Å². The zero-order valence-electron chi connectivity index (χ0n) is 15.5. The number of likely N-dealkylation sites (tertiary alicyclic amines) is 1. The first-order valence-corrected chi connectivity index (χ1v) is 11.0.